The minimum atomic E-state index is -0.838. The van der Waals surface area contributed by atoms with Gasteiger partial charge in [-0.25, -0.2) is 8.78 Å². The zero-order valence-electron chi connectivity index (χ0n) is 13.1. The quantitative estimate of drug-likeness (QED) is 0.768. The third-order valence-electron chi connectivity index (χ3n) is 3.90. The highest BCUT2D eigenvalue weighted by molar-refractivity contribution is 5.66. The average Bonchev–Trinajstić information content (AvgIpc) is 3.26. The van der Waals surface area contributed by atoms with E-state index in [0.29, 0.717) is 17.7 Å². The van der Waals surface area contributed by atoms with Gasteiger partial charge in [0.05, 0.1) is 11.4 Å². The topological polar surface area (TPSA) is 47.1 Å². The molecule has 1 aliphatic rings. The Morgan fingerprint density at radius 2 is 1.88 bits per heavy atom. The van der Waals surface area contributed by atoms with Crippen LogP contribution in [0.15, 0.2) is 48.5 Å². The van der Waals surface area contributed by atoms with Gasteiger partial charge in [-0.05, 0) is 54.5 Å². The summed E-state index contributed by atoms with van der Waals surface area (Å²) in [5, 5.41) is 7.22. The third kappa shape index (κ3) is 3.24. The van der Waals surface area contributed by atoms with Gasteiger partial charge in [0, 0.05) is 5.56 Å². The van der Waals surface area contributed by atoms with Crippen LogP contribution in [0, 0.1) is 11.6 Å². The first kappa shape index (κ1) is 15.4. The Hall–Kier alpha value is -3.15. The van der Waals surface area contributed by atoms with E-state index in [1.165, 1.54) is 6.07 Å². The maximum atomic E-state index is 13.2. The van der Waals surface area contributed by atoms with Gasteiger partial charge in [-0.1, -0.05) is 12.1 Å². The maximum absolute atomic E-state index is 13.2. The van der Waals surface area contributed by atoms with Crippen molar-refractivity contribution < 1.29 is 18.3 Å². The van der Waals surface area contributed by atoms with Crippen LogP contribution in [0.25, 0.3) is 17.3 Å². The molecule has 2 aromatic carbocycles. The zero-order chi connectivity index (χ0) is 17.2. The molecule has 2 heterocycles. The normalized spacial score (nSPS) is 12.9. The number of hydrogen-bond donors (Lipinski definition) is 1. The van der Waals surface area contributed by atoms with E-state index in [-0.39, 0.29) is 6.79 Å². The number of aromatic amines is 1. The largest absolute Gasteiger partial charge is 0.454 e. The van der Waals surface area contributed by atoms with E-state index < -0.39 is 11.6 Å². The molecule has 3 aromatic rings. The van der Waals surface area contributed by atoms with Crippen molar-refractivity contribution in [1.29, 1.82) is 0 Å². The lowest BCUT2D eigenvalue weighted by Crippen LogP contribution is -1.92. The number of rotatable bonds is 4. The summed E-state index contributed by atoms with van der Waals surface area (Å²) in [6, 6.07) is 11.4. The maximum Gasteiger partial charge on any atom is 0.231 e. The molecule has 4 nitrogen and oxygen atoms in total. The third-order valence-corrected chi connectivity index (χ3v) is 3.90. The summed E-state index contributed by atoms with van der Waals surface area (Å²) in [5.41, 5.74) is 3.22. The standard InChI is InChI=1S/C19H14F2N2O2/c20-15-6-4-12(8-16(15)21)2-1-3-14-10-17(23-22-14)13-5-7-18-19(9-13)25-11-24-18/h1,3-10H,2,11H2,(H,22,23)/b3-1+. The number of halogens is 2. The second kappa shape index (κ2) is 6.39. The van der Waals surface area contributed by atoms with E-state index in [4.69, 9.17) is 9.47 Å². The van der Waals surface area contributed by atoms with Crippen LogP contribution < -0.4 is 9.47 Å². The summed E-state index contributed by atoms with van der Waals surface area (Å²) in [4.78, 5) is 0. The first-order valence-corrected chi connectivity index (χ1v) is 7.75. The lowest BCUT2D eigenvalue weighted by molar-refractivity contribution is 0.174. The number of nitrogens with zero attached hydrogens (tertiary/aromatic N) is 1. The molecule has 0 aliphatic carbocycles. The monoisotopic (exact) mass is 340 g/mol. The van der Waals surface area contributed by atoms with Crippen molar-refractivity contribution in [3.63, 3.8) is 0 Å². The highest BCUT2D eigenvalue weighted by atomic mass is 19.2. The molecule has 0 spiro atoms. The Bertz CT molecular complexity index is 950. The van der Waals surface area contributed by atoms with E-state index >= 15 is 0 Å². The number of hydrogen-bond acceptors (Lipinski definition) is 3. The van der Waals surface area contributed by atoms with E-state index in [0.717, 1.165) is 28.8 Å². The molecule has 0 saturated heterocycles. The highest BCUT2D eigenvalue weighted by Gasteiger charge is 2.14. The Morgan fingerprint density at radius 1 is 1.00 bits per heavy atom. The van der Waals surface area contributed by atoms with Crippen molar-refractivity contribution in [2.24, 2.45) is 0 Å². The fourth-order valence-electron chi connectivity index (χ4n) is 2.61. The minimum Gasteiger partial charge on any atom is -0.454 e. The smallest absolute Gasteiger partial charge is 0.231 e. The number of nitrogens with one attached hydrogen (secondary N) is 1. The number of H-pyrrole nitrogens is 1. The molecule has 0 amide bonds. The zero-order valence-corrected chi connectivity index (χ0v) is 13.1. The lowest BCUT2D eigenvalue weighted by Gasteiger charge is -1.98. The molecule has 0 saturated carbocycles. The molecule has 4 rings (SSSR count). The predicted molar refractivity (Wildman–Crippen MR) is 89.2 cm³/mol. The molecule has 1 N–H and O–H groups in total. The lowest BCUT2D eigenvalue weighted by atomic mass is 10.1. The number of allylic oxidation sites excluding steroid dienone is 1. The van der Waals surface area contributed by atoms with E-state index in [2.05, 4.69) is 10.2 Å². The number of benzene rings is 2. The van der Waals surface area contributed by atoms with Crippen molar-refractivity contribution >= 4 is 6.08 Å². The van der Waals surface area contributed by atoms with Crippen LogP contribution >= 0.6 is 0 Å². The van der Waals surface area contributed by atoms with E-state index in [1.54, 1.807) is 6.07 Å². The van der Waals surface area contributed by atoms with Crippen LogP contribution in [-0.4, -0.2) is 17.0 Å². The van der Waals surface area contributed by atoms with Gasteiger partial charge < -0.3 is 9.47 Å². The van der Waals surface area contributed by atoms with Crippen molar-refractivity contribution in [3.05, 3.63) is 71.4 Å². The highest BCUT2D eigenvalue weighted by Crippen LogP contribution is 2.35. The van der Waals surface area contributed by atoms with Gasteiger partial charge in [-0.2, -0.15) is 5.10 Å². The fourth-order valence-corrected chi connectivity index (χ4v) is 2.61. The van der Waals surface area contributed by atoms with Gasteiger partial charge >= 0.3 is 0 Å². The summed E-state index contributed by atoms with van der Waals surface area (Å²) in [6.45, 7) is 0.233. The van der Waals surface area contributed by atoms with Crippen LogP contribution in [0.4, 0.5) is 8.78 Å². The van der Waals surface area contributed by atoms with Crippen LogP contribution in [-0.2, 0) is 6.42 Å². The molecule has 0 bridgehead atoms. The van der Waals surface area contributed by atoms with E-state index in [9.17, 15) is 8.78 Å². The molecule has 6 heteroatoms. The molecular formula is C19H14F2N2O2. The van der Waals surface area contributed by atoms with Gasteiger partial charge in [-0.3, -0.25) is 5.10 Å². The Kier molecular flexibility index (Phi) is 3.93. The van der Waals surface area contributed by atoms with Gasteiger partial charge in [0.1, 0.15) is 0 Å². The summed E-state index contributed by atoms with van der Waals surface area (Å²) in [7, 11) is 0. The summed E-state index contributed by atoms with van der Waals surface area (Å²) in [6.07, 6.45) is 4.21. The van der Waals surface area contributed by atoms with Gasteiger partial charge in [0.15, 0.2) is 23.1 Å². The van der Waals surface area contributed by atoms with Crippen molar-refractivity contribution in [2.75, 3.05) is 6.79 Å². The van der Waals surface area contributed by atoms with E-state index in [1.807, 2.05) is 36.4 Å². The predicted octanol–water partition coefficient (Wildman–Crippen LogP) is 4.34. The first-order chi connectivity index (χ1) is 12.2. The molecule has 0 radical (unpaired) electrons. The second-order valence-electron chi connectivity index (χ2n) is 5.63. The summed E-state index contributed by atoms with van der Waals surface area (Å²) < 4.78 is 36.8. The van der Waals surface area contributed by atoms with Crippen molar-refractivity contribution in [3.8, 4) is 22.8 Å². The minimum absolute atomic E-state index is 0.233. The molecule has 1 aromatic heterocycles. The molecule has 126 valence electrons. The first-order valence-electron chi connectivity index (χ1n) is 7.75. The molecular weight excluding hydrogens is 326 g/mol. The van der Waals surface area contributed by atoms with Crippen LogP contribution in [0.2, 0.25) is 0 Å². The second-order valence-corrected chi connectivity index (χ2v) is 5.63. The Labute approximate surface area is 142 Å². The molecule has 1 aliphatic heterocycles. The number of aromatic nitrogens is 2. The van der Waals surface area contributed by atoms with Crippen LogP contribution in [0.5, 0.6) is 11.5 Å². The molecule has 0 unspecified atom stereocenters. The fraction of sp³-hybridized carbons (Fsp3) is 0.105. The van der Waals surface area contributed by atoms with Gasteiger partial charge in [0.2, 0.25) is 6.79 Å². The SMILES string of the molecule is Fc1ccc(C/C=C/c2cc(-c3ccc4c(c3)OCO4)n[nH]2)cc1F. The van der Waals surface area contributed by atoms with Crippen LogP contribution in [0.3, 0.4) is 0 Å². The summed E-state index contributed by atoms with van der Waals surface area (Å²) >= 11 is 0. The van der Waals surface area contributed by atoms with Crippen molar-refractivity contribution in [2.45, 2.75) is 6.42 Å². The number of ether oxygens (including phenoxy) is 2. The average molecular weight is 340 g/mol. The van der Waals surface area contributed by atoms with Gasteiger partial charge in [-0.15, -0.1) is 0 Å². The molecule has 0 fully saturated rings. The van der Waals surface area contributed by atoms with Gasteiger partial charge in [0.25, 0.3) is 0 Å². The van der Waals surface area contributed by atoms with Crippen molar-refractivity contribution in [1.82, 2.24) is 10.2 Å². The number of fused-ring (bicyclic) bond motifs is 1. The Morgan fingerprint density at radius 3 is 2.76 bits per heavy atom. The molecule has 25 heavy (non-hydrogen) atoms. The summed E-state index contributed by atoms with van der Waals surface area (Å²) in [5.74, 6) is -0.242. The Balaban J connectivity index is 1.46. The molecule has 0 atom stereocenters. The van der Waals surface area contributed by atoms with Crippen LogP contribution in [0.1, 0.15) is 11.3 Å².